The largest absolute Gasteiger partial charge is 0.496 e. The second-order valence-corrected chi connectivity index (χ2v) is 11.6. The highest BCUT2D eigenvalue weighted by Crippen LogP contribution is 2.37. The second-order valence-electron chi connectivity index (χ2n) is 9.65. The lowest BCUT2D eigenvalue weighted by Crippen LogP contribution is -2.40. The molecule has 3 heterocycles. The third-order valence-electron chi connectivity index (χ3n) is 6.57. The molecule has 2 aliphatic heterocycles. The Morgan fingerprint density at radius 1 is 1.12 bits per heavy atom. The average molecular weight is 624 g/mol. The molecule has 40 heavy (non-hydrogen) atoms. The van der Waals surface area contributed by atoms with E-state index in [-0.39, 0.29) is 23.1 Å². The fourth-order valence-electron chi connectivity index (χ4n) is 4.76. The van der Waals surface area contributed by atoms with E-state index in [4.69, 9.17) is 9.47 Å². The van der Waals surface area contributed by atoms with Crippen molar-refractivity contribution in [1.82, 2.24) is 4.57 Å². The van der Waals surface area contributed by atoms with E-state index in [9.17, 15) is 14.4 Å². The number of methoxy groups -OCH3 is 1. The summed E-state index contributed by atoms with van der Waals surface area (Å²) >= 11 is 4.67. The molecule has 0 fully saturated rings. The molecule has 0 bridgehead atoms. The van der Waals surface area contributed by atoms with Crippen LogP contribution >= 0.6 is 27.3 Å². The summed E-state index contributed by atoms with van der Waals surface area (Å²) in [5, 5.41) is 5.80. The minimum atomic E-state index is -0.855. The fraction of sp³-hybridized carbons (Fsp3) is 0.276. The lowest BCUT2D eigenvalue weighted by atomic mass is 9.95. The molecule has 0 spiro atoms. The van der Waals surface area contributed by atoms with Gasteiger partial charge in [0, 0.05) is 10.0 Å². The van der Waals surface area contributed by atoms with Crippen LogP contribution in [0.25, 0.3) is 6.08 Å². The molecule has 0 radical (unpaired) electrons. The van der Waals surface area contributed by atoms with Crippen molar-refractivity contribution in [2.45, 2.75) is 39.8 Å². The number of aromatic nitrogens is 1. The third-order valence-corrected chi connectivity index (χ3v) is 8.07. The maximum absolute atomic E-state index is 14.0. The zero-order valence-corrected chi connectivity index (χ0v) is 24.9. The van der Waals surface area contributed by atoms with Crippen LogP contribution in [0, 0.1) is 5.92 Å². The first kappa shape index (κ1) is 27.7. The minimum absolute atomic E-state index is 0.244. The number of hydrogen-bond donors (Lipinski definition) is 0. The molecule has 3 aromatic rings. The van der Waals surface area contributed by atoms with E-state index >= 15 is 0 Å². The summed E-state index contributed by atoms with van der Waals surface area (Å²) in [4.78, 5) is 45.8. The van der Waals surface area contributed by atoms with Gasteiger partial charge in [-0.2, -0.15) is 10.1 Å². The second kappa shape index (κ2) is 11.0. The maximum Gasteiger partial charge on any atom is 0.338 e. The van der Waals surface area contributed by atoms with Gasteiger partial charge in [-0.25, -0.2) is 9.79 Å². The standard InChI is InChI=1S/C29H27BrN4O5S/c1-15(2)39-28(37)24-17(4)31-29-33(25(24)21-13-18(30)11-12-22(21)38-5)27(36)23(40-29)14-20-16(3)32-34(26(20)35)19-9-7-6-8-10-19/h6-15,20,25H,1-5H3/b23-14-/t20-,25-/m0/s1. The van der Waals surface area contributed by atoms with Crippen LogP contribution in [0.15, 0.2) is 79.2 Å². The van der Waals surface area contributed by atoms with Gasteiger partial charge in [-0.3, -0.25) is 14.2 Å². The number of esters is 1. The van der Waals surface area contributed by atoms with E-state index in [1.807, 2.05) is 30.3 Å². The van der Waals surface area contributed by atoms with Crippen molar-refractivity contribution in [2.24, 2.45) is 16.0 Å². The summed E-state index contributed by atoms with van der Waals surface area (Å²) in [6.45, 7) is 7.01. The highest BCUT2D eigenvalue weighted by Gasteiger charge is 2.37. The molecule has 2 aromatic carbocycles. The zero-order chi connectivity index (χ0) is 28.7. The van der Waals surface area contributed by atoms with Gasteiger partial charge in [0.1, 0.15) is 17.7 Å². The topological polar surface area (TPSA) is 103 Å². The Bertz CT molecular complexity index is 1760. The van der Waals surface area contributed by atoms with Gasteiger partial charge < -0.3 is 9.47 Å². The number of carbonyl (C=O) groups excluding carboxylic acids is 2. The van der Waals surface area contributed by atoms with Crippen LogP contribution < -0.4 is 24.6 Å². The first-order valence-electron chi connectivity index (χ1n) is 12.6. The summed E-state index contributed by atoms with van der Waals surface area (Å²) in [5.41, 5.74) is 2.12. The number of rotatable bonds is 6. The number of ether oxygens (including phenoxy) is 2. The normalized spacial score (nSPS) is 19.1. The molecule has 2 atom stereocenters. The van der Waals surface area contributed by atoms with E-state index in [0.717, 1.165) is 15.8 Å². The van der Waals surface area contributed by atoms with E-state index < -0.39 is 17.9 Å². The predicted molar refractivity (Wildman–Crippen MR) is 157 cm³/mol. The van der Waals surface area contributed by atoms with E-state index in [1.54, 1.807) is 52.0 Å². The van der Waals surface area contributed by atoms with Crippen LogP contribution in [-0.4, -0.2) is 35.4 Å². The molecule has 0 N–H and O–H groups in total. The molecular weight excluding hydrogens is 596 g/mol. The Labute approximate surface area is 242 Å². The number of anilines is 1. The number of para-hydroxylation sites is 1. The monoisotopic (exact) mass is 622 g/mol. The Hall–Kier alpha value is -3.83. The van der Waals surface area contributed by atoms with E-state index in [1.165, 1.54) is 16.7 Å². The third kappa shape index (κ3) is 4.95. The number of fused-ring (bicyclic) bond motifs is 1. The molecule has 0 aliphatic carbocycles. The summed E-state index contributed by atoms with van der Waals surface area (Å²) in [6.07, 6.45) is 1.26. The lowest BCUT2D eigenvalue weighted by molar-refractivity contribution is -0.143. The molecule has 206 valence electrons. The van der Waals surface area contributed by atoms with Crippen molar-refractivity contribution < 1.29 is 19.1 Å². The number of hydrazone groups is 1. The van der Waals surface area contributed by atoms with Crippen molar-refractivity contribution >= 4 is 56.6 Å². The van der Waals surface area contributed by atoms with Crippen LogP contribution in [0.5, 0.6) is 5.75 Å². The van der Waals surface area contributed by atoms with E-state index in [2.05, 4.69) is 26.0 Å². The molecule has 9 nitrogen and oxygen atoms in total. The van der Waals surface area contributed by atoms with Gasteiger partial charge in [-0.15, -0.1) is 0 Å². The number of benzene rings is 2. The van der Waals surface area contributed by atoms with Crippen LogP contribution in [0.3, 0.4) is 0 Å². The number of halogens is 1. The van der Waals surface area contributed by atoms with Crippen LogP contribution in [-0.2, 0) is 14.3 Å². The van der Waals surface area contributed by atoms with Gasteiger partial charge in [0.2, 0.25) is 0 Å². The smallest absolute Gasteiger partial charge is 0.338 e. The molecule has 0 saturated heterocycles. The van der Waals surface area contributed by atoms with Gasteiger partial charge in [-0.1, -0.05) is 45.5 Å². The van der Waals surface area contributed by atoms with Crippen molar-refractivity contribution in [3.05, 3.63) is 89.5 Å². The molecule has 11 heteroatoms. The summed E-state index contributed by atoms with van der Waals surface area (Å²) in [5.74, 6) is -1.03. The Kier molecular flexibility index (Phi) is 7.61. The molecule has 2 aliphatic rings. The SMILES string of the molecule is COc1ccc(Br)cc1[C@H]1C(C(=O)OC(C)C)=C(C)N=c2s/c(=C\[C@@H]3C(=O)N(c4ccccc4)N=C3C)c(=O)n21. The zero-order valence-electron chi connectivity index (χ0n) is 22.5. The summed E-state index contributed by atoms with van der Waals surface area (Å²) in [7, 11) is 1.53. The number of carbonyl (C=O) groups is 2. The molecule has 0 unspecified atom stereocenters. The predicted octanol–water partition coefficient (Wildman–Crippen LogP) is 3.95. The molecule has 5 rings (SSSR count). The highest BCUT2D eigenvalue weighted by atomic mass is 79.9. The van der Waals surface area contributed by atoms with E-state index in [0.29, 0.717) is 37.7 Å². The van der Waals surface area contributed by atoms with Crippen LogP contribution in [0.1, 0.15) is 39.3 Å². The number of hydrogen-bond acceptors (Lipinski definition) is 8. The molecule has 1 amide bonds. The summed E-state index contributed by atoms with van der Waals surface area (Å²) in [6, 6.07) is 13.7. The van der Waals surface area contributed by atoms with Gasteiger partial charge in [-0.05, 0) is 64.1 Å². The van der Waals surface area contributed by atoms with Crippen molar-refractivity contribution in [2.75, 3.05) is 12.1 Å². The van der Waals surface area contributed by atoms with Crippen LogP contribution in [0.2, 0.25) is 0 Å². The van der Waals surface area contributed by atoms with Crippen molar-refractivity contribution in [3.63, 3.8) is 0 Å². The average Bonchev–Trinajstić information content (AvgIpc) is 3.38. The Morgan fingerprint density at radius 2 is 1.85 bits per heavy atom. The maximum atomic E-state index is 14.0. The minimum Gasteiger partial charge on any atom is -0.496 e. The number of amides is 1. The Balaban J connectivity index is 1.67. The van der Waals surface area contributed by atoms with Crippen molar-refractivity contribution in [3.8, 4) is 5.75 Å². The molecule has 1 aromatic heterocycles. The first-order valence-corrected chi connectivity index (χ1v) is 14.2. The van der Waals surface area contributed by atoms with Gasteiger partial charge in [0.05, 0.1) is 40.4 Å². The summed E-state index contributed by atoms with van der Waals surface area (Å²) < 4.78 is 13.8. The highest BCUT2D eigenvalue weighted by molar-refractivity contribution is 9.10. The number of nitrogens with zero attached hydrogens (tertiary/aromatic N) is 4. The molecule has 0 saturated carbocycles. The fourth-order valence-corrected chi connectivity index (χ4v) is 6.20. The Morgan fingerprint density at radius 3 is 2.52 bits per heavy atom. The quantitative estimate of drug-likeness (QED) is 0.387. The lowest BCUT2D eigenvalue weighted by Gasteiger charge is -2.26. The van der Waals surface area contributed by atoms with Gasteiger partial charge in [0.25, 0.3) is 11.5 Å². The van der Waals surface area contributed by atoms with Crippen LogP contribution in [0.4, 0.5) is 5.69 Å². The van der Waals surface area contributed by atoms with Gasteiger partial charge in [0.15, 0.2) is 4.80 Å². The number of thiazole rings is 1. The van der Waals surface area contributed by atoms with Gasteiger partial charge >= 0.3 is 5.97 Å². The number of allylic oxidation sites excluding steroid dienone is 1. The van der Waals surface area contributed by atoms with Crippen molar-refractivity contribution in [1.29, 1.82) is 0 Å². The first-order chi connectivity index (χ1) is 19.1. The molecular formula is C29H27BrN4O5S.